The van der Waals surface area contributed by atoms with Crippen molar-refractivity contribution in [2.24, 2.45) is 0 Å². The van der Waals surface area contributed by atoms with Crippen LogP contribution in [0.4, 0.5) is 0 Å². The molecular formula is C14H24N4O4. The molecule has 1 aromatic rings. The number of rotatable bonds is 8. The predicted octanol–water partition coefficient (Wildman–Crippen LogP) is -0.0263. The van der Waals surface area contributed by atoms with Crippen molar-refractivity contribution in [3.63, 3.8) is 0 Å². The number of aromatic nitrogens is 2. The summed E-state index contributed by atoms with van der Waals surface area (Å²) in [6, 6.07) is -0.196. The van der Waals surface area contributed by atoms with Gasteiger partial charge in [-0.3, -0.25) is 14.6 Å². The van der Waals surface area contributed by atoms with Gasteiger partial charge in [-0.1, -0.05) is 18.5 Å². The SMILES string of the molecule is CCCCc1noc(CN2CC(N(C)CC(=O)O)[C@H](O)C2)n1. The molecule has 1 aromatic heterocycles. The van der Waals surface area contributed by atoms with Crippen molar-refractivity contribution in [2.75, 3.05) is 26.7 Å². The molecule has 2 N–H and O–H groups in total. The Balaban J connectivity index is 1.86. The highest BCUT2D eigenvalue weighted by Crippen LogP contribution is 2.17. The molecule has 0 spiro atoms. The number of aliphatic hydroxyl groups is 1. The first kappa shape index (κ1) is 16.9. The smallest absolute Gasteiger partial charge is 0.317 e. The number of β-amino-alcohol motifs (C(OH)–C–C–N with tert-alkyl or cyclic N) is 1. The maximum atomic E-state index is 10.8. The summed E-state index contributed by atoms with van der Waals surface area (Å²) in [4.78, 5) is 18.8. The van der Waals surface area contributed by atoms with Crippen LogP contribution in [-0.4, -0.2) is 75.0 Å². The lowest BCUT2D eigenvalue weighted by Crippen LogP contribution is -2.43. The number of carbonyl (C=O) groups is 1. The van der Waals surface area contributed by atoms with Gasteiger partial charge >= 0.3 is 5.97 Å². The molecule has 2 heterocycles. The summed E-state index contributed by atoms with van der Waals surface area (Å²) in [5.74, 6) is 0.363. The fraction of sp³-hybridized carbons (Fsp3) is 0.786. The average Bonchev–Trinajstić information content (AvgIpc) is 3.03. The van der Waals surface area contributed by atoms with E-state index in [4.69, 9.17) is 9.63 Å². The Bertz CT molecular complexity index is 493. The Hall–Kier alpha value is -1.51. The Labute approximate surface area is 129 Å². The molecule has 124 valence electrons. The Morgan fingerprint density at radius 1 is 1.50 bits per heavy atom. The quantitative estimate of drug-likeness (QED) is 0.690. The van der Waals surface area contributed by atoms with E-state index < -0.39 is 12.1 Å². The average molecular weight is 312 g/mol. The molecule has 0 aliphatic carbocycles. The normalized spacial score (nSPS) is 22.5. The zero-order valence-electron chi connectivity index (χ0n) is 13.1. The number of nitrogens with zero attached hydrogens (tertiary/aromatic N) is 4. The van der Waals surface area contributed by atoms with E-state index in [1.165, 1.54) is 0 Å². The molecule has 1 aliphatic rings. The number of carboxylic acids is 1. The van der Waals surface area contributed by atoms with Gasteiger partial charge in [0.2, 0.25) is 5.89 Å². The molecule has 1 aliphatic heterocycles. The molecule has 0 radical (unpaired) electrons. The van der Waals surface area contributed by atoms with Gasteiger partial charge in [0, 0.05) is 25.6 Å². The van der Waals surface area contributed by atoms with Crippen molar-refractivity contribution >= 4 is 5.97 Å². The van der Waals surface area contributed by atoms with Crippen molar-refractivity contribution < 1.29 is 19.5 Å². The molecule has 1 unspecified atom stereocenters. The number of aryl methyl sites for hydroxylation is 1. The van der Waals surface area contributed by atoms with Gasteiger partial charge < -0.3 is 14.7 Å². The van der Waals surface area contributed by atoms with E-state index in [1.54, 1.807) is 11.9 Å². The van der Waals surface area contributed by atoms with Gasteiger partial charge in [0.25, 0.3) is 0 Å². The van der Waals surface area contributed by atoms with Gasteiger partial charge in [0.15, 0.2) is 5.82 Å². The van der Waals surface area contributed by atoms with Crippen LogP contribution in [0.25, 0.3) is 0 Å². The highest BCUT2D eigenvalue weighted by Gasteiger charge is 2.35. The number of likely N-dealkylation sites (N-methyl/N-ethyl adjacent to an activating group) is 1. The first-order valence-corrected chi connectivity index (χ1v) is 7.63. The Morgan fingerprint density at radius 2 is 2.27 bits per heavy atom. The molecular weight excluding hydrogens is 288 g/mol. The number of carboxylic acid groups (broad SMARTS) is 1. The largest absolute Gasteiger partial charge is 0.480 e. The molecule has 0 bridgehead atoms. The van der Waals surface area contributed by atoms with E-state index in [1.807, 2.05) is 4.90 Å². The van der Waals surface area contributed by atoms with Crippen molar-refractivity contribution in [1.82, 2.24) is 19.9 Å². The zero-order valence-corrected chi connectivity index (χ0v) is 13.1. The lowest BCUT2D eigenvalue weighted by atomic mass is 10.2. The summed E-state index contributed by atoms with van der Waals surface area (Å²) in [6.45, 7) is 3.56. The number of hydrogen-bond donors (Lipinski definition) is 2. The monoisotopic (exact) mass is 312 g/mol. The van der Waals surface area contributed by atoms with Crippen LogP contribution in [0, 0.1) is 0 Å². The van der Waals surface area contributed by atoms with Gasteiger partial charge in [0.05, 0.1) is 19.2 Å². The summed E-state index contributed by atoms with van der Waals surface area (Å²) in [7, 11) is 1.71. The molecule has 0 aromatic carbocycles. The molecule has 8 heteroatoms. The number of aliphatic hydroxyl groups excluding tert-OH is 1. The molecule has 0 saturated carbocycles. The summed E-state index contributed by atoms with van der Waals surface area (Å²) < 4.78 is 5.23. The first-order chi connectivity index (χ1) is 10.5. The van der Waals surface area contributed by atoms with E-state index in [9.17, 15) is 9.90 Å². The zero-order chi connectivity index (χ0) is 16.1. The molecule has 22 heavy (non-hydrogen) atoms. The number of aliphatic carboxylic acids is 1. The van der Waals surface area contributed by atoms with Crippen molar-refractivity contribution in [3.8, 4) is 0 Å². The topological polar surface area (TPSA) is 103 Å². The lowest BCUT2D eigenvalue weighted by Gasteiger charge is -2.24. The van der Waals surface area contributed by atoms with Crippen LogP contribution < -0.4 is 0 Å². The van der Waals surface area contributed by atoms with E-state index in [-0.39, 0.29) is 12.6 Å². The molecule has 8 nitrogen and oxygen atoms in total. The van der Waals surface area contributed by atoms with Crippen molar-refractivity contribution in [2.45, 2.75) is 44.9 Å². The lowest BCUT2D eigenvalue weighted by molar-refractivity contribution is -0.138. The van der Waals surface area contributed by atoms with E-state index in [0.717, 1.165) is 25.1 Å². The third-order valence-corrected chi connectivity index (χ3v) is 3.91. The van der Waals surface area contributed by atoms with Gasteiger partial charge in [-0.2, -0.15) is 4.98 Å². The fourth-order valence-electron chi connectivity index (χ4n) is 2.72. The van der Waals surface area contributed by atoms with Crippen LogP contribution in [0.1, 0.15) is 31.5 Å². The highest BCUT2D eigenvalue weighted by atomic mass is 16.5. The molecule has 1 saturated heterocycles. The summed E-state index contributed by atoms with van der Waals surface area (Å²) in [5, 5.41) is 22.9. The van der Waals surface area contributed by atoms with Crippen LogP contribution in [0.3, 0.4) is 0 Å². The number of likely N-dealkylation sites (tertiary alicyclic amines) is 1. The second kappa shape index (κ2) is 7.66. The summed E-state index contributed by atoms with van der Waals surface area (Å²) in [6.07, 6.45) is 2.35. The molecule has 1 fully saturated rings. The summed E-state index contributed by atoms with van der Waals surface area (Å²) in [5.41, 5.74) is 0. The third kappa shape index (κ3) is 4.49. The maximum Gasteiger partial charge on any atom is 0.317 e. The van der Waals surface area contributed by atoms with Crippen LogP contribution in [0.15, 0.2) is 4.52 Å². The molecule has 2 rings (SSSR count). The van der Waals surface area contributed by atoms with Crippen molar-refractivity contribution in [1.29, 1.82) is 0 Å². The standard InChI is InChI=1S/C14H24N4O4/c1-3-4-5-12-15-13(22-16-12)8-18-6-10(11(19)7-18)17(2)9-14(20)21/h10-11,19H,3-9H2,1-2H3,(H,20,21)/t10?,11-/m1/s1. The van der Waals surface area contributed by atoms with Gasteiger partial charge in [-0.25, -0.2) is 0 Å². The van der Waals surface area contributed by atoms with E-state index in [2.05, 4.69) is 17.1 Å². The molecule has 0 amide bonds. The number of unbranched alkanes of at least 4 members (excludes halogenated alkanes) is 1. The Kier molecular flexibility index (Phi) is 5.87. The first-order valence-electron chi connectivity index (χ1n) is 7.63. The van der Waals surface area contributed by atoms with Crippen molar-refractivity contribution in [3.05, 3.63) is 11.7 Å². The molecule has 2 atom stereocenters. The summed E-state index contributed by atoms with van der Waals surface area (Å²) >= 11 is 0. The minimum atomic E-state index is -0.898. The maximum absolute atomic E-state index is 10.8. The highest BCUT2D eigenvalue weighted by molar-refractivity contribution is 5.69. The van der Waals surface area contributed by atoms with Gasteiger partial charge in [0.1, 0.15) is 0 Å². The minimum absolute atomic E-state index is 0.0860. The Morgan fingerprint density at radius 3 is 2.95 bits per heavy atom. The van der Waals surface area contributed by atoms with Crippen LogP contribution in [0.2, 0.25) is 0 Å². The number of hydrogen-bond acceptors (Lipinski definition) is 7. The van der Waals surface area contributed by atoms with Gasteiger partial charge in [-0.05, 0) is 13.5 Å². The minimum Gasteiger partial charge on any atom is -0.480 e. The second-order valence-corrected chi connectivity index (χ2v) is 5.85. The van der Waals surface area contributed by atoms with Crippen LogP contribution in [-0.2, 0) is 17.8 Å². The predicted molar refractivity (Wildman–Crippen MR) is 78.2 cm³/mol. The van der Waals surface area contributed by atoms with Gasteiger partial charge in [-0.15, -0.1) is 0 Å². The fourth-order valence-corrected chi connectivity index (χ4v) is 2.72. The third-order valence-electron chi connectivity index (χ3n) is 3.91. The van der Waals surface area contributed by atoms with E-state index in [0.29, 0.717) is 25.5 Å². The van der Waals surface area contributed by atoms with E-state index >= 15 is 0 Å². The van der Waals surface area contributed by atoms with Crippen LogP contribution >= 0.6 is 0 Å². The second-order valence-electron chi connectivity index (χ2n) is 5.85. The van der Waals surface area contributed by atoms with Crippen LogP contribution in [0.5, 0.6) is 0 Å².